The van der Waals surface area contributed by atoms with Crippen LogP contribution in [0.3, 0.4) is 0 Å². The van der Waals surface area contributed by atoms with Crippen LogP contribution in [0.4, 0.5) is 17.6 Å². The highest BCUT2D eigenvalue weighted by atomic mass is 19.3. The molecule has 0 aliphatic rings. The topological polar surface area (TPSA) is 9.23 Å². The number of hydrogen-bond acceptors (Lipinski definition) is 1. The zero-order valence-corrected chi connectivity index (χ0v) is 7.01. The molecule has 0 heterocycles. The molecular weight excluding hydrogens is 200 g/mol. The van der Waals surface area contributed by atoms with E-state index in [4.69, 9.17) is 0 Å². The monoisotopic (exact) mass is 207 g/mol. The lowest BCUT2D eigenvalue weighted by atomic mass is 10.2. The van der Waals surface area contributed by atoms with Gasteiger partial charge in [-0.2, -0.15) is 17.6 Å². The Kier molecular flexibility index (Phi) is 2.98. The van der Waals surface area contributed by atoms with Crippen LogP contribution in [-0.2, 0) is 0 Å². The Balaban J connectivity index is 2.78. The first-order valence-corrected chi connectivity index (χ1v) is 3.69. The Labute approximate surface area is 78.3 Å². The fourth-order valence-electron chi connectivity index (χ4n) is 0.811. The van der Waals surface area contributed by atoms with Crippen molar-refractivity contribution >= 4 is 0 Å². The summed E-state index contributed by atoms with van der Waals surface area (Å²) in [7, 11) is 0. The maximum Gasteiger partial charge on any atom is 0.461 e. The molecule has 0 bridgehead atoms. The summed E-state index contributed by atoms with van der Waals surface area (Å²) in [5, 5.41) is 0. The Morgan fingerprint density at radius 1 is 1.29 bits per heavy atom. The highest BCUT2D eigenvalue weighted by molar-refractivity contribution is 5.30. The first kappa shape index (κ1) is 10.8. The third-order valence-corrected chi connectivity index (χ3v) is 1.41. The van der Waals surface area contributed by atoms with Gasteiger partial charge in [0.2, 0.25) is 0 Å². The maximum atomic E-state index is 12.4. The maximum absolute atomic E-state index is 12.4. The van der Waals surface area contributed by atoms with Crippen molar-refractivity contribution in [2.75, 3.05) is 0 Å². The predicted molar refractivity (Wildman–Crippen MR) is 42.5 cm³/mol. The number of halogens is 4. The highest BCUT2D eigenvalue weighted by Crippen LogP contribution is 2.27. The van der Waals surface area contributed by atoms with Crippen molar-refractivity contribution in [3.63, 3.8) is 0 Å². The molecule has 1 rings (SSSR count). The van der Waals surface area contributed by atoms with Crippen LogP contribution in [-0.4, -0.2) is 12.5 Å². The van der Waals surface area contributed by atoms with Crippen molar-refractivity contribution < 1.29 is 22.3 Å². The lowest BCUT2D eigenvalue weighted by molar-refractivity contribution is -0.253. The van der Waals surface area contributed by atoms with Crippen molar-refractivity contribution in [1.82, 2.24) is 0 Å². The van der Waals surface area contributed by atoms with Gasteiger partial charge in [-0.15, -0.1) is 0 Å². The van der Waals surface area contributed by atoms with E-state index in [-0.39, 0.29) is 5.75 Å². The second-order valence-corrected chi connectivity index (χ2v) is 2.61. The quantitative estimate of drug-likeness (QED) is 0.692. The molecule has 0 aliphatic carbocycles. The van der Waals surface area contributed by atoms with Gasteiger partial charge in [0, 0.05) is 0 Å². The molecule has 1 aromatic carbocycles. The summed E-state index contributed by atoms with van der Waals surface area (Å²) in [6.07, 6.45) is -8.32. The third kappa shape index (κ3) is 2.61. The standard InChI is InChI=1S/C9H7F4O/c1-6-3-2-4-7(5-6)14-9(12,13)8(10)11/h2-5,8H,1H2. The van der Waals surface area contributed by atoms with E-state index in [2.05, 4.69) is 11.7 Å². The van der Waals surface area contributed by atoms with Gasteiger partial charge in [-0.25, -0.2) is 0 Å². The van der Waals surface area contributed by atoms with Gasteiger partial charge >= 0.3 is 12.5 Å². The molecule has 0 saturated carbocycles. The predicted octanol–water partition coefficient (Wildman–Crippen LogP) is 3.11. The Hall–Kier alpha value is -1.26. The molecule has 0 fully saturated rings. The second kappa shape index (κ2) is 3.86. The summed E-state index contributed by atoms with van der Waals surface area (Å²) in [4.78, 5) is 0. The lowest BCUT2D eigenvalue weighted by Gasteiger charge is -2.16. The average molecular weight is 207 g/mol. The van der Waals surface area contributed by atoms with Gasteiger partial charge in [-0.1, -0.05) is 12.1 Å². The summed E-state index contributed by atoms with van der Waals surface area (Å²) < 4.78 is 52.0. The van der Waals surface area contributed by atoms with Crippen molar-refractivity contribution in [2.24, 2.45) is 0 Å². The summed E-state index contributed by atoms with van der Waals surface area (Å²) >= 11 is 0. The fraction of sp³-hybridized carbons (Fsp3) is 0.222. The van der Waals surface area contributed by atoms with E-state index >= 15 is 0 Å². The van der Waals surface area contributed by atoms with Crippen LogP contribution in [0.25, 0.3) is 0 Å². The molecule has 1 radical (unpaired) electrons. The second-order valence-electron chi connectivity index (χ2n) is 2.61. The van der Waals surface area contributed by atoms with Crippen molar-refractivity contribution in [3.05, 3.63) is 36.8 Å². The van der Waals surface area contributed by atoms with Crippen LogP contribution in [0, 0.1) is 6.92 Å². The van der Waals surface area contributed by atoms with Gasteiger partial charge in [-0.3, -0.25) is 0 Å². The van der Waals surface area contributed by atoms with E-state index in [1.807, 2.05) is 0 Å². The highest BCUT2D eigenvalue weighted by Gasteiger charge is 2.43. The molecule has 0 amide bonds. The molecule has 0 N–H and O–H groups in total. The molecule has 0 unspecified atom stereocenters. The SMILES string of the molecule is [CH2]c1cccc(OC(F)(F)C(F)F)c1. The van der Waals surface area contributed by atoms with E-state index in [0.717, 1.165) is 12.1 Å². The van der Waals surface area contributed by atoms with Crippen molar-refractivity contribution in [2.45, 2.75) is 12.5 Å². The molecule has 5 heteroatoms. The molecule has 0 atom stereocenters. The minimum absolute atomic E-state index is 0.331. The molecule has 0 spiro atoms. The molecular formula is C9H7F4O. The van der Waals surface area contributed by atoms with Crippen molar-refractivity contribution in [3.8, 4) is 5.75 Å². The number of ether oxygens (including phenoxy) is 1. The average Bonchev–Trinajstić information content (AvgIpc) is 2.02. The number of alkyl halides is 4. The fourth-order valence-corrected chi connectivity index (χ4v) is 0.811. The molecule has 77 valence electrons. The van der Waals surface area contributed by atoms with Gasteiger partial charge in [-0.05, 0) is 24.6 Å². The zero-order chi connectivity index (χ0) is 10.8. The first-order chi connectivity index (χ1) is 6.42. The third-order valence-electron chi connectivity index (χ3n) is 1.41. The van der Waals surface area contributed by atoms with Gasteiger partial charge in [0.05, 0.1) is 0 Å². The Morgan fingerprint density at radius 2 is 1.93 bits per heavy atom. The zero-order valence-electron chi connectivity index (χ0n) is 7.01. The summed E-state index contributed by atoms with van der Waals surface area (Å²) in [5.41, 5.74) is 0.410. The van der Waals surface area contributed by atoms with E-state index in [9.17, 15) is 17.6 Å². The van der Waals surface area contributed by atoms with Crippen LogP contribution in [0.15, 0.2) is 24.3 Å². The number of rotatable bonds is 3. The molecule has 1 nitrogen and oxygen atoms in total. The minimum atomic E-state index is -4.46. The normalized spacial score (nSPS) is 11.9. The number of hydrogen-bond donors (Lipinski definition) is 0. The molecule has 14 heavy (non-hydrogen) atoms. The van der Waals surface area contributed by atoms with E-state index in [0.29, 0.717) is 5.56 Å². The molecule has 0 saturated heterocycles. The van der Waals surface area contributed by atoms with Crippen LogP contribution >= 0.6 is 0 Å². The lowest BCUT2D eigenvalue weighted by Crippen LogP contribution is -2.33. The molecule has 0 aliphatic heterocycles. The van der Waals surface area contributed by atoms with E-state index in [1.54, 1.807) is 0 Å². The van der Waals surface area contributed by atoms with Gasteiger partial charge in [0.1, 0.15) is 5.75 Å². The van der Waals surface area contributed by atoms with Gasteiger partial charge in [0.15, 0.2) is 0 Å². The van der Waals surface area contributed by atoms with Crippen LogP contribution in [0.2, 0.25) is 0 Å². The largest absolute Gasteiger partial charge is 0.461 e. The summed E-state index contributed by atoms with van der Waals surface area (Å²) in [6.45, 7) is 3.44. The van der Waals surface area contributed by atoms with Crippen LogP contribution in [0.1, 0.15) is 5.56 Å². The smallest absolute Gasteiger partial charge is 0.428 e. The van der Waals surface area contributed by atoms with Crippen LogP contribution in [0.5, 0.6) is 5.75 Å². The van der Waals surface area contributed by atoms with Gasteiger partial charge < -0.3 is 4.74 Å². The first-order valence-electron chi connectivity index (χ1n) is 3.69. The summed E-state index contributed by atoms with van der Waals surface area (Å²) in [5.74, 6) is -0.331. The van der Waals surface area contributed by atoms with Gasteiger partial charge in [0.25, 0.3) is 0 Å². The molecule has 0 aromatic heterocycles. The van der Waals surface area contributed by atoms with Crippen LogP contribution < -0.4 is 4.74 Å². The molecule has 1 aromatic rings. The number of benzene rings is 1. The van der Waals surface area contributed by atoms with Crippen molar-refractivity contribution in [1.29, 1.82) is 0 Å². The Bertz CT molecular complexity index is 311. The van der Waals surface area contributed by atoms with E-state index in [1.165, 1.54) is 12.1 Å². The van der Waals surface area contributed by atoms with E-state index < -0.39 is 12.5 Å². The Morgan fingerprint density at radius 3 is 2.43 bits per heavy atom. The summed E-state index contributed by atoms with van der Waals surface area (Å²) in [6, 6.07) is 5.23. The minimum Gasteiger partial charge on any atom is -0.428 e.